The van der Waals surface area contributed by atoms with Gasteiger partial charge in [0.25, 0.3) is 11.8 Å². The summed E-state index contributed by atoms with van der Waals surface area (Å²) in [6, 6.07) is 9.71. The first kappa shape index (κ1) is 20.2. The lowest BCUT2D eigenvalue weighted by atomic mass is 10.0. The Balaban J connectivity index is 1.83. The maximum atomic E-state index is 12.4. The Labute approximate surface area is 158 Å². The van der Waals surface area contributed by atoms with Crippen LogP contribution in [0.5, 0.6) is 0 Å². The van der Waals surface area contributed by atoms with Crippen LogP contribution in [0.25, 0.3) is 0 Å². The van der Waals surface area contributed by atoms with Crippen LogP contribution >= 0.6 is 0 Å². The van der Waals surface area contributed by atoms with Crippen LogP contribution < -0.4 is 16.0 Å². The van der Waals surface area contributed by atoms with Crippen molar-refractivity contribution in [1.29, 1.82) is 0 Å². The van der Waals surface area contributed by atoms with E-state index in [1.807, 2.05) is 26.8 Å². The van der Waals surface area contributed by atoms with Crippen LogP contribution in [0.1, 0.15) is 40.3 Å². The van der Waals surface area contributed by atoms with Gasteiger partial charge in [-0.25, -0.2) is 0 Å². The van der Waals surface area contributed by atoms with Crippen LogP contribution in [0.3, 0.4) is 0 Å². The number of benzene rings is 1. The Bertz CT molecular complexity index is 784. The van der Waals surface area contributed by atoms with Crippen LogP contribution in [-0.2, 0) is 4.79 Å². The van der Waals surface area contributed by atoms with E-state index in [-0.39, 0.29) is 42.5 Å². The van der Waals surface area contributed by atoms with E-state index in [4.69, 9.17) is 4.42 Å². The normalized spacial score (nSPS) is 11.7. The highest BCUT2D eigenvalue weighted by Gasteiger charge is 2.24. The quantitative estimate of drug-likeness (QED) is 0.617. The number of hydrogen-bond donors (Lipinski definition) is 3. The predicted octanol–water partition coefficient (Wildman–Crippen LogP) is 1.89. The Morgan fingerprint density at radius 2 is 1.74 bits per heavy atom. The lowest BCUT2D eigenvalue weighted by Crippen LogP contribution is -2.50. The molecule has 2 rings (SSSR count). The van der Waals surface area contributed by atoms with Crippen molar-refractivity contribution >= 4 is 17.7 Å². The molecule has 7 nitrogen and oxygen atoms in total. The molecule has 0 fully saturated rings. The van der Waals surface area contributed by atoms with E-state index < -0.39 is 6.04 Å². The zero-order chi connectivity index (χ0) is 19.8. The fraction of sp³-hybridized carbons (Fsp3) is 0.350. The summed E-state index contributed by atoms with van der Waals surface area (Å²) in [4.78, 5) is 36.6. The van der Waals surface area contributed by atoms with Crippen molar-refractivity contribution in [2.24, 2.45) is 5.92 Å². The third-order valence-electron chi connectivity index (χ3n) is 3.97. The molecule has 3 amide bonds. The fourth-order valence-electron chi connectivity index (χ4n) is 2.51. The molecule has 1 heterocycles. The van der Waals surface area contributed by atoms with Gasteiger partial charge in [-0.1, -0.05) is 31.5 Å². The molecule has 0 saturated carbocycles. The molecule has 0 aliphatic carbocycles. The molecule has 1 aromatic heterocycles. The van der Waals surface area contributed by atoms with Crippen LogP contribution in [0, 0.1) is 12.8 Å². The smallest absolute Gasteiger partial charge is 0.287 e. The van der Waals surface area contributed by atoms with Gasteiger partial charge in [-0.3, -0.25) is 14.4 Å². The van der Waals surface area contributed by atoms with Crippen LogP contribution in [0.15, 0.2) is 47.1 Å². The van der Waals surface area contributed by atoms with Gasteiger partial charge in [-0.15, -0.1) is 0 Å². The molecule has 0 spiro atoms. The summed E-state index contributed by atoms with van der Waals surface area (Å²) < 4.78 is 4.99. The summed E-state index contributed by atoms with van der Waals surface area (Å²) in [6.45, 7) is 6.12. The van der Waals surface area contributed by atoms with Crippen LogP contribution in [0.4, 0.5) is 0 Å². The highest BCUT2D eigenvalue weighted by molar-refractivity contribution is 5.97. The van der Waals surface area contributed by atoms with Gasteiger partial charge in [0.15, 0.2) is 5.76 Å². The van der Waals surface area contributed by atoms with E-state index in [1.54, 1.807) is 30.3 Å². The summed E-state index contributed by atoms with van der Waals surface area (Å²) in [5.74, 6) is -0.803. The third-order valence-corrected chi connectivity index (χ3v) is 3.97. The standard InChI is InChI=1S/C20H25N3O4/c1-13(2)17(23-18(24)15-7-4-6-14(3)12-15)20(26)22-10-9-21-19(25)16-8-5-11-27-16/h4-8,11-13,17H,9-10H2,1-3H3,(H,21,25)(H,22,26)(H,23,24). The molecule has 0 radical (unpaired) electrons. The molecule has 0 saturated heterocycles. The summed E-state index contributed by atoms with van der Waals surface area (Å²) >= 11 is 0. The van der Waals surface area contributed by atoms with E-state index in [0.717, 1.165) is 5.56 Å². The van der Waals surface area contributed by atoms with E-state index in [0.29, 0.717) is 5.56 Å². The van der Waals surface area contributed by atoms with Gasteiger partial charge in [0.05, 0.1) is 6.26 Å². The van der Waals surface area contributed by atoms with Gasteiger partial charge in [0, 0.05) is 18.7 Å². The van der Waals surface area contributed by atoms with E-state index >= 15 is 0 Å². The summed E-state index contributed by atoms with van der Waals surface area (Å²) in [7, 11) is 0. The average Bonchev–Trinajstić information content (AvgIpc) is 3.17. The molecule has 0 bridgehead atoms. The molecule has 0 aliphatic heterocycles. The molecule has 1 unspecified atom stereocenters. The lowest BCUT2D eigenvalue weighted by molar-refractivity contribution is -0.123. The summed E-state index contributed by atoms with van der Waals surface area (Å²) in [5.41, 5.74) is 1.49. The first-order chi connectivity index (χ1) is 12.9. The van der Waals surface area contributed by atoms with Gasteiger partial charge in [0.1, 0.15) is 6.04 Å². The second-order valence-corrected chi connectivity index (χ2v) is 6.59. The van der Waals surface area contributed by atoms with Crippen molar-refractivity contribution in [2.75, 3.05) is 13.1 Å². The number of aryl methyl sites for hydroxylation is 1. The zero-order valence-electron chi connectivity index (χ0n) is 15.7. The molecule has 144 valence electrons. The molecular weight excluding hydrogens is 346 g/mol. The van der Waals surface area contributed by atoms with Crippen molar-refractivity contribution in [3.63, 3.8) is 0 Å². The maximum Gasteiger partial charge on any atom is 0.287 e. The fourth-order valence-corrected chi connectivity index (χ4v) is 2.51. The van der Waals surface area contributed by atoms with Crippen molar-refractivity contribution in [3.05, 3.63) is 59.5 Å². The van der Waals surface area contributed by atoms with E-state index in [9.17, 15) is 14.4 Å². The van der Waals surface area contributed by atoms with Crippen LogP contribution in [-0.4, -0.2) is 36.9 Å². The van der Waals surface area contributed by atoms with Crippen molar-refractivity contribution < 1.29 is 18.8 Å². The summed E-state index contributed by atoms with van der Waals surface area (Å²) in [5, 5.41) is 8.16. The molecule has 1 atom stereocenters. The van der Waals surface area contributed by atoms with Crippen molar-refractivity contribution in [3.8, 4) is 0 Å². The van der Waals surface area contributed by atoms with Gasteiger partial charge < -0.3 is 20.4 Å². The zero-order valence-corrected chi connectivity index (χ0v) is 15.7. The number of furan rings is 1. The molecule has 1 aromatic carbocycles. The Morgan fingerprint density at radius 3 is 2.37 bits per heavy atom. The van der Waals surface area contributed by atoms with E-state index in [1.165, 1.54) is 6.26 Å². The van der Waals surface area contributed by atoms with Gasteiger partial charge in [-0.05, 0) is 37.1 Å². The van der Waals surface area contributed by atoms with E-state index in [2.05, 4.69) is 16.0 Å². The third kappa shape index (κ3) is 5.99. The topological polar surface area (TPSA) is 100 Å². The number of carbonyl (C=O) groups is 3. The maximum absolute atomic E-state index is 12.4. The largest absolute Gasteiger partial charge is 0.459 e. The Kier molecular flexibility index (Phi) is 7.16. The van der Waals surface area contributed by atoms with Crippen molar-refractivity contribution in [2.45, 2.75) is 26.8 Å². The number of nitrogens with one attached hydrogen (secondary N) is 3. The minimum Gasteiger partial charge on any atom is -0.459 e. The molecule has 3 N–H and O–H groups in total. The first-order valence-electron chi connectivity index (χ1n) is 8.85. The minimum atomic E-state index is -0.668. The minimum absolute atomic E-state index is 0.0866. The SMILES string of the molecule is Cc1cccc(C(=O)NC(C(=O)NCCNC(=O)c2ccco2)C(C)C)c1. The van der Waals surface area contributed by atoms with Crippen LogP contribution in [0.2, 0.25) is 0 Å². The predicted molar refractivity (Wildman–Crippen MR) is 101 cm³/mol. The van der Waals surface area contributed by atoms with Crippen molar-refractivity contribution in [1.82, 2.24) is 16.0 Å². The highest BCUT2D eigenvalue weighted by atomic mass is 16.3. The number of amides is 3. The second-order valence-electron chi connectivity index (χ2n) is 6.59. The highest BCUT2D eigenvalue weighted by Crippen LogP contribution is 2.07. The Hall–Kier alpha value is -3.09. The average molecular weight is 371 g/mol. The molecule has 7 heteroatoms. The number of hydrogen-bond acceptors (Lipinski definition) is 4. The summed E-state index contributed by atoms with van der Waals surface area (Å²) in [6.07, 6.45) is 1.42. The second kappa shape index (κ2) is 9.56. The molecular formula is C20H25N3O4. The van der Waals surface area contributed by atoms with Gasteiger partial charge >= 0.3 is 0 Å². The first-order valence-corrected chi connectivity index (χ1v) is 8.85. The molecule has 27 heavy (non-hydrogen) atoms. The molecule has 2 aromatic rings. The number of carbonyl (C=O) groups excluding carboxylic acids is 3. The van der Waals surface area contributed by atoms with Gasteiger partial charge in [0.2, 0.25) is 5.91 Å². The monoisotopic (exact) mass is 371 g/mol. The molecule has 0 aliphatic rings. The number of rotatable bonds is 8. The van der Waals surface area contributed by atoms with Gasteiger partial charge in [-0.2, -0.15) is 0 Å². The lowest BCUT2D eigenvalue weighted by Gasteiger charge is -2.22. The Morgan fingerprint density at radius 1 is 1.00 bits per heavy atom.